The summed E-state index contributed by atoms with van der Waals surface area (Å²) >= 11 is 0. The van der Waals surface area contributed by atoms with Gasteiger partial charge in [0.2, 0.25) is 5.91 Å². The predicted octanol–water partition coefficient (Wildman–Crippen LogP) is 2.97. The molecule has 1 atom stereocenters. The number of aromatic nitrogens is 4. The van der Waals surface area contributed by atoms with Crippen molar-refractivity contribution in [2.24, 2.45) is 5.92 Å². The number of amides is 1. The van der Waals surface area contributed by atoms with Gasteiger partial charge < -0.3 is 14.5 Å². The minimum Gasteiger partial charge on any atom is -0.361 e. The van der Waals surface area contributed by atoms with Crippen LogP contribution in [0.5, 0.6) is 0 Å². The van der Waals surface area contributed by atoms with E-state index < -0.39 is 0 Å². The van der Waals surface area contributed by atoms with Gasteiger partial charge in [0, 0.05) is 42.7 Å². The highest BCUT2D eigenvalue weighted by molar-refractivity contribution is 5.88. The third-order valence-corrected chi connectivity index (χ3v) is 5.33. The van der Waals surface area contributed by atoms with Gasteiger partial charge in [-0.25, -0.2) is 0 Å². The van der Waals surface area contributed by atoms with Crippen LogP contribution in [0.2, 0.25) is 0 Å². The number of carbonyl (C=O) groups is 1. The van der Waals surface area contributed by atoms with Crippen LogP contribution in [0.15, 0.2) is 36.8 Å². The third-order valence-electron chi connectivity index (χ3n) is 5.33. The topological polar surface area (TPSA) is 66.8 Å². The molecule has 1 N–H and O–H groups in total. The Morgan fingerprint density at radius 1 is 1.35 bits per heavy atom. The number of hydrogen-bond acceptors (Lipinski definition) is 3. The molecule has 1 aliphatic heterocycles. The van der Waals surface area contributed by atoms with Crippen molar-refractivity contribution in [3.8, 4) is 0 Å². The van der Waals surface area contributed by atoms with Gasteiger partial charge in [-0.05, 0) is 37.8 Å². The molecule has 3 heterocycles. The summed E-state index contributed by atoms with van der Waals surface area (Å²) in [7, 11) is 0. The Morgan fingerprint density at radius 3 is 3.04 bits per heavy atom. The molecule has 1 amide bonds. The molecule has 0 radical (unpaired) electrons. The molecule has 6 heteroatoms. The standard InChI is InChI=1S/C20H25N5O/c1-14(2)25-13-22-23-19(25)9-15-7-8-24(12-15)20(26)10-16-11-21-18-6-4-3-5-17(16)18/h3-6,11,13-15,21H,7-10,12H2,1-2H3. The minimum absolute atomic E-state index is 0.211. The molecule has 1 unspecified atom stereocenters. The Labute approximate surface area is 153 Å². The fourth-order valence-corrected chi connectivity index (χ4v) is 3.88. The number of aromatic amines is 1. The van der Waals surface area contributed by atoms with Crippen LogP contribution in [0.1, 0.15) is 37.7 Å². The van der Waals surface area contributed by atoms with Crippen molar-refractivity contribution < 1.29 is 4.79 Å². The van der Waals surface area contributed by atoms with E-state index in [1.54, 1.807) is 6.33 Å². The van der Waals surface area contributed by atoms with Crippen LogP contribution in [0, 0.1) is 5.92 Å². The van der Waals surface area contributed by atoms with Crippen LogP contribution >= 0.6 is 0 Å². The fraction of sp³-hybridized carbons (Fsp3) is 0.450. The van der Waals surface area contributed by atoms with Crippen LogP contribution in [0.25, 0.3) is 10.9 Å². The number of rotatable bonds is 5. The molecule has 3 aromatic rings. The van der Waals surface area contributed by atoms with Crippen LogP contribution in [0.4, 0.5) is 0 Å². The van der Waals surface area contributed by atoms with Gasteiger partial charge in [0.1, 0.15) is 12.2 Å². The molecule has 1 saturated heterocycles. The van der Waals surface area contributed by atoms with Crippen molar-refractivity contribution in [1.29, 1.82) is 0 Å². The molecular weight excluding hydrogens is 326 g/mol. The molecule has 136 valence electrons. The van der Waals surface area contributed by atoms with Gasteiger partial charge in [0.15, 0.2) is 0 Å². The van der Waals surface area contributed by atoms with Gasteiger partial charge in [-0.2, -0.15) is 0 Å². The van der Waals surface area contributed by atoms with Crippen molar-refractivity contribution in [3.05, 3.63) is 48.2 Å². The summed E-state index contributed by atoms with van der Waals surface area (Å²) in [5.74, 6) is 1.70. The Kier molecular flexibility index (Phi) is 4.49. The number of likely N-dealkylation sites (tertiary alicyclic amines) is 1. The average molecular weight is 351 g/mol. The number of H-pyrrole nitrogens is 1. The maximum Gasteiger partial charge on any atom is 0.227 e. The van der Waals surface area contributed by atoms with E-state index in [1.165, 1.54) is 0 Å². The van der Waals surface area contributed by atoms with E-state index in [4.69, 9.17) is 0 Å². The molecule has 6 nitrogen and oxygen atoms in total. The van der Waals surface area contributed by atoms with Crippen molar-refractivity contribution in [3.63, 3.8) is 0 Å². The van der Waals surface area contributed by atoms with Gasteiger partial charge >= 0.3 is 0 Å². The van der Waals surface area contributed by atoms with Gasteiger partial charge in [-0.1, -0.05) is 18.2 Å². The van der Waals surface area contributed by atoms with E-state index in [1.807, 2.05) is 29.3 Å². The molecule has 0 bridgehead atoms. The second-order valence-electron chi connectivity index (χ2n) is 7.48. The second-order valence-corrected chi connectivity index (χ2v) is 7.48. The van der Waals surface area contributed by atoms with Gasteiger partial charge in [0.05, 0.1) is 6.42 Å². The van der Waals surface area contributed by atoms with Crippen LogP contribution < -0.4 is 0 Å². The van der Waals surface area contributed by atoms with E-state index in [0.717, 1.165) is 48.2 Å². The molecule has 4 rings (SSSR count). The molecule has 26 heavy (non-hydrogen) atoms. The Bertz CT molecular complexity index is 910. The predicted molar refractivity (Wildman–Crippen MR) is 101 cm³/mol. The van der Waals surface area contributed by atoms with E-state index >= 15 is 0 Å². The van der Waals surface area contributed by atoms with Gasteiger partial charge in [-0.15, -0.1) is 10.2 Å². The van der Waals surface area contributed by atoms with E-state index in [2.05, 4.69) is 39.7 Å². The smallest absolute Gasteiger partial charge is 0.227 e. The zero-order valence-electron chi connectivity index (χ0n) is 15.4. The first-order chi connectivity index (χ1) is 12.6. The second kappa shape index (κ2) is 6.94. The zero-order chi connectivity index (χ0) is 18.1. The number of hydrogen-bond donors (Lipinski definition) is 1. The lowest BCUT2D eigenvalue weighted by atomic mass is 10.0. The zero-order valence-corrected chi connectivity index (χ0v) is 15.4. The fourth-order valence-electron chi connectivity index (χ4n) is 3.88. The molecule has 0 spiro atoms. The molecule has 1 aromatic carbocycles. The summed E-state index contributed by atoms with van der Waals surface area (Å²) in [6, 6.07) is 8.49. The number of nitrogens with one attached hydrogen (secondary N) is 1. The van der Waals surface area contributed by atoms with Crippen LogP contribution in [0.3, 0.4) is 0 Å². The van der Waals surface area contributed by atoms with Crippen molar-refractivity contribution >= 4 is 16.8 Å². The monoisotopic (exact) mass is 351 g/mol. The highest BCUT2D eigenvalue weighted by Gasteiger charge is 2.28. The first kappa shape index (κ1) is 16.8. The molecule has 0 aliphatic carbocycles. The SMILES string of the molecule is CC(C)n1cnnc1CC1CCN(C(=O)Cc2c[nH]c3ccccc23)C1. The summed E-state index contributed by atoms with van der Waals surface area (Å²) in [5, 5.41) is 9.46. The van der Waals surface area contributed by atoms with E-state index in [0.29, 0.717) is 18.4 Å². The minimum atomic E-state index is 0.211. The Balaban J connectivity index is 1.39. The molecular formula is C20H25N5O. The summed E-state index contributed by atoms with van der Waals surface area (Å²) in [6.45, 7) is 5.92. The van der Waals surface area contributed by atoms with Gasteiger partial charge in [0.25, 0.3) is 0 Å². The van der Waals surface area contributed by atoms with E-state index in [-0.39, 0.29) is 5.91 Å². The number of benzene rings is 1. The third kappa shape index (κ3) is 3.23. The Hall–Kier alpha value is -2.63. The number of carbonyl (C=O) groups excluding carboxylic acids is 1. The number of para-hydroxylation sites is 1. The number of nitrogens with zero attached hydrogens (tertiary/aromatic N) is 4. The normalized spacial score (nSPS) is 17.5. The molecule has 1 aliphatic rings. The molecule has 1 fully saturated rings. The maximum atomic E-state index is 12.8. The van der Waals surface area contributed by atoms with Crippen molar-refractivity contribution in [1.82, 2.24) is 24.6 Å². The summed E-state index contributed by atoms with van der Waals surface area (Å²) in [6.07, 6.45) is 6.13. The lowest BCUT2D eigenvalue weighted by Crippen LogP contribution is -2.30. The summed E-state index contributed by atoms with van der Waals surface area (Å²) < 4.78 is 2.12. The first-order valence-corrected chi connectivity index (χ1v) is 9.33. The lowest BCUT2D eigenvalue weighted by molar-refractivity contribution is -0.129. The highest BCUT2D eigenvalue weighted by Crippen LogP contribution is 2.23. The molecule has 0 saturated carbocycles. The van der Waals surface area contributed by atoms with Crippen LogP contribution in [-0.2, 0) is 17.6 Å². The Morgan fingerprint density at radius 2 is 2.19 bits per heavy atom. The summed E-state index contributed by atoms with van der Waals surface area (Å²) in [4.78, 5) is 18.0. The highest BCUT2D eigenvalue weighted by atomic mass is 16.2. The number of fused-ring (bicyclic) bond motifs is 1. The average Bonchev–Trinajstić information content (AvgIpc) is 3.35. The summed E-state index contributed by atoms with van der Waals surface area (Å²) in [5.41, 5.74) is 2.16. The maximum absolute atomic E-state index is 12.8. The van der Waals surface area contributed by atoms with Crippen molar-refractivity contribution in [2.75, 3.05) is 13.1 Å². The lowest BCUT2D eigenvalue weighted by Gasteiger charge is -2.17. The van der Waals surface area contributed by atoms with Gasteiger partial charge in [-0.3, -0.25) is 4.79 Å². The first-order valence-electron chi connectivity index (χ1n) is 9.33. The molecule has 2 aromatic heterocycles. The van der Waals surface area contributed by atoms with E-state index in [9.17, 15) is 4.79 Å². The van der Waals surface area contributed by atoms with Crippen molar-refractivity contribution in [2.45, 2.75) is 39.2 Å². The van der Waals surface area contributed by atoms with Crippen LogP contribution in [-0.4, -0.2) is 43.6 Å². The quantitative estimate of drug-likeness (QED) is 0.768. The largest absolute Gasteiger partial charge is 0.361 e.